The van der Waals surface area contributed by atoms with Gasteiger partial charge < -0.3 is 15.5 Å². The smallest absolute Gasteiger partial charge is 0.227 e. The maximum atomic E-state index is 6.21. The van der Waals surface area contributed by atoms with E-state index in [0.29, 0.717) is 23.3 Å². The molecule has 2 N–H and O–H groups in total. The second kappa shape index (κ2) is 8.73. The zero-order chi connectivity index (χ0) is 22.2. The second-order valence-corrected chi connectivity index (χ2v) is 9.52. The van der Waals surface area contributed by atoms with E-state index in [1.54, 1.807) is 0 Å². The summed E-state index contributed by atoms with van der Waals surface area (Å²) in [6.07, 6.45) is 6.76. The van der Waals surface area contributed by atoms with E-state index in [4.69, 9.17) is 28.8 Å². The summed E-state index contributed by atoms with van der Waals surface area (Å²) >= 11 is 11.7. The van der Waals surface area contributed by atoms with Gasteiger partial charge in [-0.1, -0.05) is 23.8 Å². The Labute approximate surface area is 198 Å². The highest BCUT2D eigenvalue weighted by Gasteiger charge is 2.21. The molecule has 8 heteroatoms. The van der Waals surface area contributed by atoms with Crippen LogP contribution >= 0.6 is 23.8 Å². The Kier molecular flexibility index (Phi) is 5.80. The molecule has 2 aliphatic rings. The van der Waals surface area contributed by atoms with E-state index in [1.165, 1.54) is 5.56 Å². The average Bonchev–Trinajstić information content (AvgIpc) is 2.90. The quantitative estimate of drug-likeness (QED) is 0.506. The van der Waals surface area contributed by atoms with E-state index < -0.39 is 0 Å². The standard InChI is InChI=1S/C24H25ClN6S/c1-14-20(9-16(12-26-14)15-5-7-31(2)8-6-15)29-24-27-13-17-10-22(32)28-21-11-18(25)3-4-19(21)23(17)30-24/h3-4,9,11-13,15H,5-8,10H2,1-2H3,(H,28,32)(H,27,29,30). The van der Waals surface area contributed by atoms with Crippen LogP contribution in [-0.4, -0.2) is 45.0 Å². The van der Waals surface area contributed by atoms with Crippen molar-refractivity contribution in [2.75, 3.05) is 30.8 Å². The number of halogens is 1. The molecule has 164 valence electrons. The topological polar surface area (TPSA) is 66.0 Å². The number of pyridine rings is 1. The number of aromatic nitrogens is 3. The highest BCUT2D eigenvalue weighted by molar-refractivity contribution is 7.80. The number of thiocarbonyl (C=S) groups is 1. The third kappa shape index (κ3) is 4.33. The van der Waals surface area contributed by atoms with Crippen molar-refractivity contribution in [1.82, 2.24) is 19.9 Å². The normalized spacial score (nSPS) is 16.7. The van der Waals surface area contributed by atoms with Gasteiger partial charge in [-0.15, -0.1) is 0 Å². The maximum Gasteiger partial charge on any atom is 0.227 e. The van der Waals surface area contributed by atoms with Crippen molar-refractivity contribution in [3.05, 3.63) is 58.5 Å². The van der Waals surface area contributed by atoms with Gasteiger partial charge in [0, 0.05) is 40.7 Å². The van der Waals surface area contributed by atoms with Gasteiger partial charge >= 0.3 is 0 Å². The summed E-state index contributed by atoms with van der Waals surface area (Å²) in [5.74, 6) is 1.08. The second-order valence-electron chi connectivity index (χ2n) is 8.59. The molecule has 6 nitrogen and oxygen atoms in total. The van der Waals surface area contributed by atoms with Gasteiger partial charge in [-0.25, -0.2) is 9.97 Å². The molecule has 1 fully saturated rings. The predicted molar refractivity (Wildman–Crippen MR) is 134 cm³/mol. The highest BCUT2D eigenvalue weighted by atomic mass is 35.5. The number of benzene rings is 1. The minimum atomic E-state index is 0.538. The lowest BCUT2D eigenvalue weighted by atomic mass is 9.90. The third-order valence-electron chi connectivity index (χ3n) is 6.27. The molecule has 0 radical (unpaired) electrons. The van der Waals surface area contributed by atoms with Crippen LogP contribution in [0.25, 0.3) is 11.3 Å². The minimum absolute atomic E-state index is 0.538. The number of piperidine rings is 1. The molecule has 3 aromatic rings. The average molecular weight is 465 g/mol. The van der Waals surface area contributed by atoms with E-state index in [2.05, 4.69) is 38.6 Å². The molecule has 2 aliphatic heterocycles. The first-order chi connectivity index (χ1) is 15.5. The fourth-order valence-electron chi connectivity index (χ4n) is 4.38. The number of nitrogens with one attached hydrogen (secondary N) is 2. The Balaban J connectivity index is 1.47. The van der Waals surface area contributed by atoms with E-state index in [1.807, 2.05) is 37.5 Å². The number of nitrogens with zero attached hydrogens (tertiary/aromatic N) is 4. The lowest BCUT2D eigenvalue weighted by Crippen LogP contribution is -2.29. The molecule has 5 rings (SSSR count). The molecule has 1 aromatic carbocycles. The zero-order valence-electron chi connectivity index (χ0n) is 18.2. The van der Waals surface area contributed by atoms with Crippen LogP contribution in [-0.2, 0) is 6.42 Å². The first-order valence-corrected chi connectivity index (χ1v) is 11.6. The number of anilines is 3. The summed E-state index contributed by atoms with van der Waals surface area (Å²) in [5.41, 5.74) is 6.82. The lowest BCUT2D eigenvalue weighted by Gasteiger charge is -2.29. The summed E-state index contributed by atoms with van der Waals surface area (Å²) in [6.45, 7) is 4.24. The van der Waals surface area contributed by atoms with Gasteiger partial charge in [-0.3, -0.25) is 4.98 Å². The SMILES string of the molecule is Cc1ncc(C2CCN(C)CC2)cc1Nc1ncc2c(n1)-c1ccc(Cl)cc1NC(=S)C2. The summed E-state index contributed by atoms with van der Waals surface area (Å²) in [7, 11) is 2.18. The van der Waals surface area contributed by atoms with Crippen LogP contribution in [0.4, 0.5) is 17.3 Å². The maximum absolute atomic E-state index is 6.21. The molecule has 1 saturated heterocycles. The van der Waals surface area contributed by atoms with Gasteiger partial charge in [0.2, 0.25) is 5.95 Å². The molecular formula is C24H25ClN6S. The lowest BCUT2D eigenvalue weighted by molar-refractivity contribution is 0.255. The molecule has 32 heavy (non-hydrogen) atoms. The van der Waals surface area contributed by atoms with Gasteiger partial charge in [0.15, 0.2) is 0 Å². The number of likely N-dealkylation sites (tertiary alicyclic amines) is 1. The zero-order valence-corrected chi connectivity index (χ0v) is 19.7. The van der Waals surface area contributed by atoms with Crippen molar-refractivity contribution in [1.29, 1.82) is 0 Å². The van der Waals surface area contributed by atoms with Crippen LogP contribution in [0.3, 0.4) is 0 Å². The van der Waals surface area contributed by atoms with Crippen molar-refractivity contribution in [3.63, 3.8) is 0 Å². The molecule has 0 atom stereocenters. The van der Waals surface area contributed by atoms with Crippen LogP contribution in [0, 0.1) is 6.92 Å². The van der Waals surface area contributed by atoms with Crippen molar-refractivity contribution in [3.8, 4) is 11.3 Å². The summed E-state index contributed by atoms with van der Waals surface area (Å²) in [5, 5.41) is 7.35. The fraction of sp³-hybridized carbons (Fsp3) is 0.333. The van der Waals surface area contributed by atoms with Gasteiger partial charge in [0.1, 0.15) is 0 Å². The number of hydrogen-bond donors (Lipinski definition) is 2. The number of hydrogen-bond acceptors (Lipinski definition) is 6. The minimum Gasteiger partial charge on any atom is -0.349 e. The van der Waals surface area contributed by atoms with E-state index in [0.717, 1.165) is 64.8 Å². The largest absolute Gasteiger partial charge is 0.349 e. The van der Waals surface area contributed by atoms with Crippen LogP contribution in [0.15, 0.2) is 36.7 Å². The summed E-state index contributed by atoms with van der Waals surface area (Å²) in [4.78, 5) is 17.2. The van der Waals surface area contributed by atoms with Crippen LogP contribution in [0.1, 0.15) is 35.6 Å². The number of rotatable bonds is 3. The Hall–Kier alpha value is -2.61. The first kappa shape index (κ1) is 21.2. The molecule has 0 amide bonds. The molecule has 0 aliphatic carbocycles. The molecule has 0 spiro atoms. The fourth-order valence-corrected chi connectivity index (χ4v) is 4.82. The Morgan fingerprint density at radius 1 is 1.16 bits per heavy atom. The Bertz CT molecular complexity index is 1190. The molecule has 4 heterocycles. The first-order valence-electron chi connectivity index (χ1n) is 10.8. The van der Waals surface area contributed by atoms with Crippen molar-refractivity contribution in [2.45, 2.75) is 32.1 Å². The molecule has 0 bridgehead atoms. The third-order valence-corrected chi connectivity index (χ3v) is 6.75. The van der Waals surface area contributed by atoms with Crippen LogP contribution in [0.5, 0.6) is 0 Å². The van der Waals surface area contributed by atoms with Gasteiger partial charge in [-0.2, -0.15) is 0 Å². The number of aryl methyl sites for hydroxylation is 1. The van der Waals surface area contributed by atoms with Gasteiger partial charge in [0.25, 0.3) is 0 Å². The molecule has 2 aromatic heterocycles. The van der Waals surface area contributed by atoms with Crippen molar-refractivity contribution in [2.24, 2.45) is 0 Å². The van der Waals surface area contributed by atoms with E-state index >= 15 is 0 Å². The monoisotopic (exact) mass is 464 g/mol. The summed E-state index contributed by atoms with van der Waals surface area (Å²) in [6, 6.07) is 7.93. The Morgan fingerprint density at radius 3 is 2.78 bits per heavy atom. The van der Waals surface area contributed by atoms with E-state index in [9.17, 15) is 0 Å². The number of fused-ring (bicyclic) bond motifs is 3. The molecule has 0 unspecified atom stereocenters. The Morgan fingerprint density at radius 2 is 1.97 bits per heavy atom. The van der Waals surface area contributed by atoms with Crippen LogP contribution in [0.2, 0.25) is 5.02 Å². The van der Waals surface area contributed by atoms with Gasteiger partial charge in [0.05, 0.1) is 22.1 Å². The van der Waals surface area contributed by atoms with Crippen LogP contribution < -0.4 is 10.6 Å². The van der Waals surface area contributed by atoms with Crippen molar-refractivity contribution >= 4 is 46.1 Å². The molecular weight excluding hydrogens is 440 g/mol. The van der Waals surface area contributed by atoms with E-state index in [-0.39, 0.29) is 0 Å². The molecule has 0 saturated carbocycles. The highest BCUT2D eigenvalue weighted by Crippen LogP contribution is 2.35. The summed E-state index contributed by atoms with van der Waals surface area (Å²) < 4.78 is 0. The predicted octanol–water partition coefficient (Wildman–Crippen LogP) is 5.35. The van der Waals surface area contributed by atoms with Crippen molar-refractivity contribution < 1.29 is 0 Å². The van der Waals surface area contributed by atoms with Gasteiger partial charge in [-0.05, 0) is 75.6 Å².